The average molecular weight is 255 g/mol. The van der Waals surface area contributed by atoms with Gasteiger partial charge in [-0.1, -0.05) is 6.07 Å². The van der Waals surface area contributed by atoms with Gasteiger partial charge in [0.1, 0.15) is 5.75 Å². The van der Waals surface area contributed by atoms with Crippen LogP contribution in [0.1, 0.15) is 19.4 Å². The largest absolute Gasteiger partial charge is 0.496 e. The Morgan fingerprint density at radius 2 is 2.12 bits per heavy atom. The van der Waals surface area contributed by atoms with Crippen molar-refractivity contribution in [2.75, 3.05) is 19.9 Å². The van der Waals surface area contributed by atoms with Crippen molar-refractivity contribution in [1.29, 1.82) is 0 Å². The minimum atomic E-state index is -0.677. The first-order chi connectivity index (χ1) is 7.96. The summed E-state index contributed by atoms with van der Waals surface area (Å²) in [6.45, 7) is 4.88. The summed E-state index contributed by atoms with van der Waals surface area (Å²) in [5, 5.41) is 12.8. The quantitative estimate of drug-likeness (QED) is 0.765. The van der Waals surface area contributed by atoms with E-state index in [0.717, 1.165) is 22.8 Å². The average Bonchev–Trinajstić information content (AvgIpc) is 2.27. The predicted molar refractivity (Wildman–Crippen MR) is 72.8 cm³/mol. The molecular weight excluding hydrogens is 234 g/mol. The van der Waals surface area contributed by atoms with Gasteiger partial charge < -0.3 is 15.2 Å². The molecule has 1 aromatic carbocycles. The molecule has 0 radical (unpaired) electrons. The van der Waals surface area contributed by atoms with E-state index in [4.69, 9.17) is 4.74 Å². The van der Waals surface area contributed by atoms with Crippen molar-refractivity contribution < 1.29 is 9.84 Å². The SMILES string of the molecule is COc1cc(CNCC(C)(C)O)ccc1SC. The Morgan fingerprint density at radius 1 is 1.41 bits per heavy atom. The molecule has 0 atom stereocenters. The molecule has 96 valence electrons. The maximum atomic E-state index is 9.59. The summed E-state index contributed by atoms with van der Waals surface area (Å²) >= 11 is 1.67. The highest BCUT2D eigenvalue weighted by Gasteiger charge is 2.11. The van der Waals surface area contributed by atoms with Crippen LogP contribution >= 0.6 is 11.8 Å². The highest BCUT2D eigenvalue weighted by atomic mass is 32.2. The van der Waals surface area contributed by atoms with Crippen LogP contribution in [0, 0.1) is 0 Å². The Morgan fingerprint density at radius 3 is 2.65 bits per heavy atom. The number of methoxy groups -OCH3 is 1. The van der Waals surface area contributed by atoms with Crippen LogP contribution < -0.4 is 10.1 Å². The van der Waals surface area contributed by atoms with Crippen molar-refractivity contribution in [3.63, 3.8) is 0 Å². The smallest absolute Gasteiger partial charge is 0.132 e. The maximum Gasteiger partial charge on any atom is 0.132 e. The lowest BCUT2D eigenvalue weighted by Gasteiger charge is -2.18. The van der Waals surface area contributed by atoms with Crippen LogP contribution in [-0.4, -0.2) is 30.6 Å². The molecule has 0 aromatic heterocycles. The van der Waals surface area contributed by atoms with Gasteiger partial charge in [0.2, 0.25) is 0 Å². The van der Waals surface area contributed by atoms with Gasteiger partial charge in [-0.05, 0) is 37.8 Å². The lowest BCUT2D eigenvalue weighted by Crippen LogP contribution is -2.34. The monoisotopic (exact) mass is 255 g/mol. The molecule has 0 saturated carbocycles. The van der Waals surface area contributed by atoms with Crippen molar-refractivity contribution in [2.45, 2.75) is 30.9 Å². The Hall–Kier alpha value is -0.710. The number of hydrogen-bond donors (Lipinski definition) is 2. The van der Waals surface area contributed by atoms with Crippen molar-refractivity contribution in [2.24, 2.45) is 0 Å². The lowest BCUT2D eigenvalue weighted by atomic mass is 10.1. The van der Waals surface area contributed by atoms with Gasteiger partial charge >= 0.3 is 0 Å². The molecule has 0 heterocycles. The van der Waals surface area contributed by atoms with Crippen molar-refractivity contribution in [3.8, 4) is 5.75 Å². The summed E-state index contributed by atoms with van der Waals surface area (Å²) in [4.78, 5) is 1.14. The van der Waals surface area contributed by atoms with Gasteiger partial charge in [0.05, 0.1) is 12.7 Å². The molecule has 17 heavy (non-hydrogen) atoms. The van der Waals surface area contributed by atoms with E-state index in [-0.39, 0.29) is 0 Å². The normalized spacial score (nSPS) is 11.6. The molecule has 0 unspecified atom stereocenters. The second-order valence-corrected chi connectivity index (χ2v) is 5.45. The second-order valence-electron chi connectivity index (χ2n) is 4.61. The topological polar surface area (TPSA) is 41.5 Å². The third-order valence-corrected chi connectivity index (χ3v) is 3.11. The van der Waals surface area contributed by atoms with E-state index in [9.17, 15) is 5.11 Å². The van der Waals surface area contributed by atoms with Gasteiger partial charge in [0, 0.05) is 18.0 Å². The third kappa shape index (κ3) is 4.98. The van der Waals surface area contributed by atoms with Crippen LogP contribution in [0.2, 0.25) is 0 Å². The number of rotatable bonds is 6. The van der Waals surface area contributed by atoms with E-state index in [2.05, 4.69) is 17.4 Å². The Kier molecular flexibility index (Phi) is 5.31. The molecule has 4 heteroatoms. The summed E-state index contributed by atoms with van der Waals surface area (Å²) < 4.78 is 5.33. The van der Waals surface area contributed by atoms with Crippen molar-refractivity contribution in [1.82, 2.24) is 5.32 Å². The molecule has 2 N–H and O–H groups in total. The highest BCUT2D eigenvalue weighted by molar-refractivity contribution is 7.98. The summed E-state index contributed by atoms with van der Waals surface area (Å²) in [5.41, 5.74) is 0.479. The van der Waals surface area contributed by atoms with Crippen LogP contribution in [0.25, 0.3) is 0 Å². The molecule has 0 aliphatic rings. The number of ether oxygens (including phenoxy) is 1. The Bertz CT molecular complexity index is 361. The maximum absolute atomic E-state index is 9.59. The number of thioether (sulfide) groups is 1. The summed E-state index contributed by atoms with van der Waals surface area (Å²) in [6, 6.07) is 6.17. The molecule has 0 fully saturated rings. The van der Waals surface area contributed by atoms with Crippen molar-refractivity contribution in [3.05, 3.63) is 23.8 Å². The fourth-order valence-electron chi connectivity index (χ4n) is 1.50. The van der Waals surface area contributed by atoms with Crippen molar-refractivity contribution >= 4 is 11.8 Å². The molecule has 0 bridgehead atoms. The molecule has 0 aliphatic carbocycles. The van der Waals surface area contributed by atoms with Crippen LogP contribution in [0.15, 0.2) is 23.1 Å². The minimum Gasteiger partial charge on any atom is -0.496 e. The van der Waals surface area contributed by atoms with Gasteiger partial charge in [-0.25, -0.2) is 0 Å². The van der Waals surface area contributed by atoms with Crippen LogP contribution in [0.5, 0.6) is 5.75 Å². The number of aliphatic hydroxyl groups is 1. The van der Waals surface area contributed by atoms with Crippen LogP contribution in [0.3, 0.4) is 0 Å². The zero-order chi connectivity index (χ0) is 12.9. The molecule has 0 amide bonds. The lowest BCUT2D eigenvalue weighted by molar-refractivity contribution is 0.0795. The van der Waals surface area contributed by atoms with Gasteiger partial charge in [0.15, 0.2) is 0 Å². The van der Waals surface area contributed by atoms with E-state index in [0.29, 0.717) is 6.54 Å². The van der Waals surface area contributed by atoms with Crippen LogP contribution in [0.4, 0.5) is 0 Å². The molecular formula is C13H21NO2S. The third-order valence-electron chi connectivity index (χ3n) is 2.33. The first-order valence-electron chi connectivity index (χ1n) is 5.60. The summed E-state index contributed by atoms with van der Waals surface area (Å²) in [7, 11) is 1.68. The van der Waals surface area contributed by atoms with Gasteiger partial charge in [-0.3, -0.25) is 0 Å². The van der Waals surface area contributed by atoms with Gasteiger partial charge in [-0.15, -0.1) is 11.8 Å². The van der Waals surface area contributed by atoms with E-state index in [1.54, 1.807) is 32.7 Å². The molecule has 3 nitrogen and oxygen atoms in total. The summed E-state index contributed by atoms with van der Waals surface area (Å²) in [5.74, 6) is 0.903. The molecule has 0 aliphatic heterocycles. The van der Waals surface area contributed by atoms with E-state index in [1.807, 2.05) is 12.3 Å². The fraction of sp³-hybridized carbons (Fsp3) is 0.538. The Labute approximate surface area is 108 Å². The standard InChI is InChI=1S/C13H21NO2S/c1-13(2,15)9-14-8-10-5-6-12(17-4)11(7-10)16-3/h5-7,14-15H,8-9H2,1-4H3. The number of hydrogen-bond acceptors (Lipinski definition) is 4. The number of nitrogens with one attached hydrogen (secondary N) is 1. The number of benzene rings is 1. The van der Waals surface area contributed by atoms with Gasteiger partial charge in [-0.2, -0.15) is 0 Å². The first kappa shape index (κ1) is 14.4. The zero-order valence-corrected chi connectivity index (χ0v) is 11.7. The fourth-order valence-corrected chi connectivity index (χ4v) is 2.05. The minimum absolute atomic E-state index is 0.569. The van der Waals surface area contributed by atoms with E-state index in [1.165, 1.54) is 0 Å². The Balaban J connectivity index is 2.60. The molecule has 0 saturated heterocycles. The first-order valence-corrected chi connectivity index (χ1v) is 6.83. The van der Waals surface area contributed by atoms with Crippen LogP contribution in [-0.2, 0) is 6.54 Å². The predicted octanol–water partition coefficient (Wildman–Crippen LogP) is 2.28. The molecule has 0 spiro atoms. The zero-order valence-electron chi connectivity index (χ0n) is 10.9. The molecule has 1 rings (SSSR count). The highest BCUT2D eigenvalue weighted by Crippen LogP contribution is 2.28. The molecule has 1 aromatic rings. The van der Waals surface area contributed by atoms with E-state index < -0.39 is 5.60 Å². The second kappa shape index (κ2) is 6.28. The van der Waals surface area contributed by atoms with Gasteiger partial charge in [0.25, 0.3) is 0 Å². The van der Waals surface area contributed by atoms with E-state index >= 15 is 0 Å². The summed E-state index contributed by atoms with van der Waals surface area (Å²) in [6.07, 6.45) is 2.03.